The van der Waals surface area contributed by atoms with E-state index < -0.39 is 29.0 Å². The average Bonchev–Trinajstić information content (AvgIpc) is 2.38. The molecule has 1 aromatic carbocycles. The van der Waals surface area contributed by atoms with Gasteiger partial charge in [-0.1, -0.05) is 0 Å². The van der Waals surface area contributed by atoms with Crippen LogP contribution in [0.25, 0.3) is 0 Å². The van der Waals surface area contributed by atoms with Crippen LogP contribution in [-0.4, -0.2) is 34.5 Å². The van der Waals surface area contributed by atoms with Crippen molar-refractivity contribution in [3.8, 4) is 0 Å². The topological polar surface area (TPSA) is 57.6 Å². The highest BCUT2D eigenvalue weighted by Crippen LogP contribution is 2.16. The summed E-state index contributed by atoms with van der Waals surface area (Å²) in [6.45, 7) is 2.80. The summed E-state index contributed by atoms with van der Waals surface area (Å²) < 4.78 is 26.4. The van der Waals surface area contributed by atoms with Crippen molar-refractivity contribution in [3.05, 3.63) is 35.4 Å². The van der Waals surface area contributed by atoms with Crippen LogP contribution in [0.4, 0.5) is 8.78 Å². The van der Waals surface area contributed by atoms with E-state index in [9.17, 15) is 18.4 Å². The number of rotatable bonds is 5. The second-order valence-electron chi connectivity index (χ2n) is 5.05. The molecule has 0 aliphatic rings. The normalized spacial score (nSPS) is 11.2. The van der Waals surface area contributed by atoms with E-state index in [1.165, 1.54) is 20.9 Å². The molecule has 0 aliphatic heterocycles. The van der Waals surface area contributed by atoms with Gasteiger partial charge in [0.25, 0.3) is 0 Å². The number of benzene rings is 1. The fraction of sp³-hybridized carbons (Fsp3) is 0.429. The summed E-state index contributed by atoms with van der Waals surface area (Å²) in [5, 5.41) is 9.02. The number of aliphatic carboxylic acids is 1. The molecule has 4 nitrogen and oxygen atoms in total. The van der Waals surface area contributed by atoms with E-state index in [0.717, 1.165) is 23.1 Å². The third-order valence-electron chi connectivity index (χ3n) is 3.35. The molecule has 0 saturated carbocycles. The Kier molecular flexibility index (Phi) is 4.81. The van der Waals surface area contributed by atoms with Gasteiger partial charge in [0.15, 0.2) is 0 Å². The monoisotopic (exact) mass is 285 g/mol. The number of hydrogen-bond donors (Lipinski definition) is 1. The summed E-state index contributed by atoms with van der Waals surface area (Å²) in [5.74, 6) is -2.74. The van der Waals surface area contributed by atoms with Crippen molar-refractivity contribution in [3.63, 3.8) is 0 Å². The number of amides is 1. The lowest BCUT2D eigenvalue weighted by Crippen LogP contribution is -2.50. The number of carboxylic acid groups (broad SMARTS) is 1. The Morgan fingerprint density at radius 1 is 1.30 bits per heavy atom. The fourth-order valence-electron chi connectivity index (χ4n) is 1.60. The molecule has 0 fully saturated rings. The summed E-state index contributed by atoms with van der Waals surface area (Å²) in [4.78, 5) is 24.0. The van der Waals surface area contributed by atoms with E-state index in [2.05, 4.69) is 0 Å². The lowest BCUT2D eigenvalue weighted by atomic mass is 10.0. The maximum atomic E-state index is 13.4. The van der Waals surface area contributed by atoms with Crippen LogP contribution in [0.2, 0.25) is 0 Å². The second-order valence-corrected chi connectivity index (χ2v) is 5.05. The quantitative estimate of drug-likeness (QED) is 0.902. The van der Waals surface area contributed by atoms with E-state index in [1.807, 2.05) is 0 Å². The number of carbonyl (C=O) groups excluding carboxylic acids is 1. The van der Waals surface area contributed by atoms with Crippen LogP contribution in [-0.2, 0) is 16.0 Å². The number of aryl methyl sites for hydroxylation is 1. The zero-order valence-corrected chi connectivity index (χ0v) is 11.6. The van der Waals surface area contributed by atoms with Crippen LogP contribution in [0.5, 0.6) is 0 Å². The van der Waals surface area contributed by atoms with Gasteiger partial charge in [-0.2, -0.15) is 0 Å². The minimum Gasteiger partial charge on any atom is -0.480 e. The Labute approximate surface area is 116 Å². The maximum Gasteiger partial charge on any atom is 0.329 e. The molecule has 0 atom stereocenters. The predicted octanol–water partition coefficient (Wildman–Crippen LogP) is 2.22. The van der Waals surface area contributed by atoms with E-state index in [-0.39, 0.29) is 18.4 Å². The number of nitrogens with zero attached hydrogens (tertiary/aromatic N) is 1. The van der Waals surface area contributed by atoms with Gasteiger partial charge in [-0.25, -0.2) is 13.6 Å². The van der Waals surface area contributed by atoms with E-state index in [0.29, 0.717) is 0 Å². The maximum absolute atomic E-state index is 13.4. The molecule has 0 bridgehead atoms. The zero-order valence-electron chi connectivity index (χ0n) is 11.6. The highest BCUT2D eigenvalue weighted by atomic mass is 19.1. The van der Waals surface area contributed by atoms with Crippen LogP contribution >= 0.6 is 0 Å². The van der Waals surface area contributed by atoms with E-state index in [4.69, 9.17) is 5.11 Å². The molecule has 1 amide bonds. The fourth-order valence-corrected chi connectivity index (χ4v) is 1.60. The lowest BCUT2D eigenvalue weighted by molar-refractivity contribution is -0.155. The van der Waals surface area contributed by atoms with Crippen LogP contribution in [0.3, 0.4) is 0 Å². The standard InChI is InChI=1S/C14H17F2NO3/c1-14(2,13(19)20)17(3)12(18)7-4-9-8-10(15)5-6-11(9)16/h5-6,8H,4,7H2,1-3H3,(H,19,20). The molecule has 0 radical (unpaired) electrons. The van der Waals surface area contributed by atoms with Crippen LogP contribution in [0.15, 0.2) is 18.2 Å². The number of halogens is 2. The molecule has 110 valence electrons. The molecule has 1 rings (SSSR count). The van der Waals surface area contributed by atoms with Crippen molar-refractivity contribution >= 4 is 11.9 Å². The van der Waals surface area contributed by atoms with Gasteiger partial charge in [-0.05, 0) is 44.0 Å². The van der Waals surface area contributed by atoms with Gasteiger partial charge >= 0.3 is 5.97 Å². The van der Waals surface area contributed by atoms with Crippen molar-refractivity contribution in [1.29, 1.82) is 0 Å². The Balaban J connectivity index is 2.73. The summed E-state index contributed by atoms with van der Waals surface area (Å²) in [5.41, 5.74) is -1.25. The smallest absolute Gasteiger partial charge is 0.329 e. The minimum atomic E-state index is -1.35. The summed E-state index contributed by atoms with van der Waals surface area (Å²) in [6.07, 6.45) is -0.0734. The minimum absolute atomic E-state index is 0.0163. The Morgan fingerprint density at radius 3 is 2.45 bits per heavy atom. The van der Waals surface area contributed by atoms with Gasteiger partial charge in [0.05, 0.1) is 0 Å². The van der Waals surface area contributed by atoms with Crippen molar-refractivity contribution < 1.29 is 23.5 Å². The van der Waals surface area contributed by atoms with E-state index >= 15 is 0 Å². The zero-order chi connectivity index (χ0) is 15.5. The number of hydrogen-bond acceptors (Lipinski definition) is 2. The molecule has 0 unspecified atom stereocenters. The number of carbonyl (C=O) groups is 2. The summed E-state index contributed by atoms with van der Waals surface area (Å²) in [7, 11) is 1.37. The summed E-state index contributed by atoms with van der Waals surface area (Å²) in [6, 6.07) is 3.03. The lowest BCUT2D eigenvalue weighted by Gasteiger charge is -2.31. The highest BCUT2D eigenvalue weighted by Gasteiger charge is 2.34. The van der Waals surface area contributed by atoms with Crippen molar-refractivity contribution in [2.45, 2.75) is 32.2 Å². The van der Waals surface area contributed by atoms with Gasteiger partial charge in [-0.15, -0.1) is 0 Å². The molecular formula is C14H17F2NO3. The molecule has 0 aromatic heterocycles. The SMILES string of the molecule is CN(C(=O)CCc1cc(F)ccc1F)C(C)(C)C(=O)O. The third kappa shape index (κ3) is 3.53. The molecule has 20 heavy (non-hydrogen) atoms. The molecular weight excluding hydrogens is 268 g/mol. The predicted molar refractivity (Wildman–Crippen MR) is 69.2 cm³/mol. The molecule has 1 N–H and O–H groups in total. The first-order chi connectivity index (χ1) is 9.16. The molecule has 6 heteroatoms. The first-order valence-electron chi connectivity index (χ1n) is 6.10. The Hall–Kier alpha value is -1.98. The molecule has 0 saturated heterocycles. The largest absolute Gasteiger partial charge is 0.480 e. The van der Waals surface area contributed by atoms with Gasteiger partial charge < -0.3 is 10.0 Å². The first-order valence-corrected chi connectivity index (χ1v) is 6.10. The molecule has 0 aliphatic carbocycles. The van der Waals surface area contributed by atoms with Crippen LogP contribution in [0, 0.1) is 11.6 Å². The average molecular weight is 285 g/mol. The highest BCUT2D eigenvalue weighted by molar-refractivity contribution is 5.86. The molecule has 0 heterocycles. The van der Waals surface area contributed by atoms with Crippen molar-refractivity contribution in [1.82, 2.24) is 4.90 Å². The second kappa shape index (κ2) is 5.98. The Bertz CT molecular complexity index is 529. The van der Waals surface area contributed by atoms with Crippen LogP contribution < -0.4 is 0 Å². The van der Waals surface area contributed by atoms with Gasteiger partial charge in [-0.3, -0.25) is 4.79 Å². The van der Waals surface area contributed by atoms with Gasteiger partial charge in [0, 0.05) is 13.5 Å². The molecule has 1 aromatic rings. The van der Waals surface area contributed by atoms with E-state index in [1.54, 1.807) is 0 Å². The summed E-state index contributed by atoms with van der Waals surface area (Å²) >= 11 is 0. The number of carboxylic acids is 1. The van der Waals surface area contributed by atoms with Crippen LogP contribution in [0.1, 0.15) is 25.8 Å². The number of likely N-dealkylation sites (N-methyl/N-ethyl adjacent to an activating group) is 1. The third-order valence-corrected chi connectivity index (χ3v) is 3.35. The molecule has 0 spiro atoms. The van der Waals surface area contributed by atoms with Crippen molar-refractivity contribution in [2.24, 2.45) is 0 Å². The Morgan fingerprint density at radius 2 is 1.90 bits per heavy atom. The van der Waals surface area contributed by atoms with Crippen molar-refractivity contribution in [2.75, 3.05) is 7.05 Å². The first kappa shape index (κ1) is 16.1. The van der Waals surface area contributed by atoms with Gasteiger partial charge in [0.1, 0.15) is 17.2 Å². The van der Waals surface area contributed by atoms with Gasteiger partial charge in [0.2, 0.25) is 5.91 Å².